The fraction of sp³-hybridized carbons (Fsp3) is 0.381. The Bertz CT molecular complexity index is 715. The lowest BCUT2D eigenvalue weighted by molar-refractivity contribution is -0.145. The van der Waals surface area contributed by atoms with Gasteiger partial charge in [-0.15, -0.1) is 0 Å². The predicted molar refractivity (Wildman–Crippen MR) is 101 cm³/mol. The van der Waals surface area contributed by atoms with E-state index in [2.05, 4.69) is 59.6 Å². The second-order valence-corrected chi connectivity index (χ2v) is 6.43. The van der Waals surface area contributed by atoms with Crippen LogP contribution in [0.4, 0.5) is 5.69 Å². The van der Waals surface area contributed by atoms with Crippen LogP contribution in [-0.4, -0.2) is 38.3 Å². The Morgan fingerprint density at radius 3 is 2.76 bits per heavy atom. The molecular weight excluding hydrogens is 312 g/mol. The van der Waals surface area contributed by atoms with Crippen molar-refractivity contribution in [3.05, 3.63) is 65.2 Å². The summed E-state index contributed by atoms with van der Waals surface area (Å²) in [4.78, 5) is 14.4. The fourth-order valence-corrected chi connectivity index (χ4v) is 3.39. The first kappa shape index (κ1) is 17.5. The Labute approximate surface area is 149 Å². The smallest absolute Gasteiger partial charge is 0.324 e. The van der Waals surface area contributed by atoms with E-state index < -0.39 is 0 Å². The lowest BCUT2D eigenvalue weighted by Gasteiger charge is -2.35. The molecule has 1 aliphatic rings. The van der Waals surface area contributed by atoms with Crippen molar-refractivity contribution in [2.24, 2.45) is 0 Å². The van der Waals surface area contributed by atoms with Gasteiger partial charge in [0, 0.05) is 25.3 Å². The van der Waals surface area contributed by atoms with E-state index in [0.717, 1.165) is 19.5 Å². The number of carbonyl (C=O) groups is 1. The summed E-state index contributed by atoms with van der Waals surface area (Å²) in [5, 5.41) is 3.26. The molecule has 1 heterocycles. The number of carbonyl (C=O) groups excluding carboxylic acids is 1. The summed E-state index contributed by atoms with van der Waals surface area (Å²) in [6.45, 7) is 6.76. The van der Waals surface area contributed by atoms with Crippen molar-refractivity contribution in [3.63, 3.8) is 0 Å². The minimum Gasteiger partial charge on any atom is -0.465 e. The third-order valence-corrected chi connectivity index (χ3v) is 4.74. The van der Waals surface area contributed by atoms with Crippen molar-refractivity contribution in [3.8, 4) is 0 Å². The number of hydrogen-bond donors (Lipinski definition) is 1. The quantitative estimate of drug-likeness (QED) is 0.851. The Morgan fingerprint density at radius 2 is 2.00 bits per heavy atom. The second kappa shape index (κ2) is 8.17. The molecule has 1 fully saturated rings. The molecule has 132 valence electrons. The number of anilines is 1. The standard InChI is InChI=1S/C21H26N2O2/c1-3-25-21(24)19-15-23(13-12-22-19)20-11-7-10-18(16(20)2)14-17-8-5-4-6-9-17/h4-11,19,22H,3,12-15H2,1-2H3. The summed E-state index contributed by atoms with van der Waals surface area (Å²) in [6.07, 6.45) is 0.925. The zero-order valence-corrected chi connectivity index (χ0v) is 15.0. The first-order chi connectivity index (χ1) is 12.2. The molecule has 0 spiro atoms. The van der Waals surface area contributed by atoms with Gasteiger partial charge < -0.3 is 15.0 Å². The van der Waals surface area contributed by atoms with Crippen molar-refractivity contribution in [2.45, 2.75) is 26.3 Å². The molecule has 0 bridgehead atoms. The molecule has 1 N–H and O–H groups in total. The van der Waals surface area contributed by atoms with Crippen molar-refractivity contribution in [1.82, 2.24) is 5.32 Å². The number of nitrogens with zero attached hydrogens (tertiary/aromatic N) is 1. The molecule has 4 heteroatoms. The summed E-state index contributed by atoms with van der Waals surface area (Å²) in [7, 11) is 0. The first-order valence-corrected chi connectivity index (χ1v) is 8.96. The average molecular weight is 338 g/mol. The van der Waals surface area contributed by atoms with Gasteiger partial charge in [-0.3, -0.25) is 4.79 Å². The summed E-state index contributed by atoms with van der Waals surface area (Å²) in [5.41, 5.74) is 5.14. The van der Waals surface area contributed by atoms with E-state index in [1.807, 2.05) is 13.0 Å². The highest BCUT2D eigenvalue weighted by Gasteiger charge is 2.27. The van der Waals surface area contributed by atoms with Crippen molar-refractivity contribution >= 4 is 11.7 Å². The van der Waals surface area contributed by atoms with Crippen molar-refractivity contribution in [1.29, 1.82) is 0 Å². The molecule has 3 rings (SSSR count). The largest absolute Gasteiger partial charge is 0.465 e. The molecule has 1 aliphatic heterocycles. The third kappa shape index (κ3) is 4.20. The van der Waals surface area contributed by atoms with Gasteiger partial charge in [-0.1, -0.05) is 42.5 Å². The van der Waals surface area contributed by atoms with E-state index in [9.17, 15) is 4.79 Å². The highest BCUT2D eigenvalue weighted by Crippen LogP contribution is 2.26. The Balaban J connectivity index is 1.78. The van der Waals surface area contributed by atoms with Gasteiger partial charge in [0.2, 0.25) is 0 Å². The normalized spacial score (nSPS) is 17.4. The monoisotopic (exact) mass is 338 g/mol. The molecule has 1 saturated heterocycles. The summed E-state index contributed by atoms with van der Waals surface area (Å²) in [6, 6.07) is 16.7. The van der Waals surface area contributed by atoms with Gasteiger partial charge in [0.15, 0.2) is 0 Å². The van der Waals surface area contributed by atoms with Gasteiger partial charge in [0.05, 0.1) is 6.61 Å². The van der Waals surface area contributed by atoms with Crippen LogP contribution in [0.1, 0.15) is 23.6 Å². The maximum Gasteiger partial charge on any atom is 0.324 e. The highest BCUT2D eigenvalue weighted by molar-refractivity contribution is 5.77. The first-order valence-electron chi connectivity index (χ1n) is 8.96. The lowest BCUT2D eigenvalue weighted by Crippen LogP contribution is -2.55. The van der Waals surface area contributed by atoms with Crippen LogP contribution in [-0.2, 0) is 16.0 Å². The summed E-state index contributed by atoms with van der Waals surface area (Å²) >= 11 is 0. The van der Waals surface area contributed by atoms with Gasteiger partial charge in [-0.2, -0.15) is 0 Å². The zero-order chi connectivity index (χ0) is 17.6. The molecule has 25 heavy (non-hydrogen) atoms. The summed E-state index contributed by atoms with van der Waals surface area (Å²) < 4.78 is 5.17. The van der Waals surface area contributed by atoms with Crippen LogP contribution in [0, 0.1) is 6.92 Å². The van der Waals surface area contributed by atoms with Crippen LogP contribution < -0.4 is 10.2 Å². The Morgan fingerprint density at radius 1 is 1.20 bits per heavy atom. The molecule has 2 aromatic carbocycles. The number of esters is 1. The van der Waals surface area contributed by atoms with Crippen LogP contribution in [0.3, 0.4) is 0 Å². The third-order valence-electron chi connectivity index (χ3n) is 4.74. The van der Waals surface area contributed by atoms with Gasteiger partial charge in [0.1, 0.15) is 6.04 Å². The van der Waals surface area contributed by atoms with Gasteiger partial charge in [0.25, 0.3) is 0 Å². The second-order valence-electron chi connectivity index (χ2n) is 6.43. The molecule has 0 radical (unpaired) electrons. The van der Waals surface area contributed by atoms with Gasteiger partial charge >= 0.3 is 5.97 Å². The van der Waals surface area contributed by atoms with Crippen LogP contribution in [0.5, 0.6) is 0 Å². The molecule has 1 atom stereocenters. The number of ether oxygens (including phenoxy) is 1. The van der Waals surface area contributed by atoms with E-state index in [-0.39, 0.29) is 12.0 Å². The number of benzene rings is 2. The SMILES string of the molecule is CCOC(=O)C1CN(c2cccc(Cc3ccccc3)c2C)CCN1. The molecular formula is C21H26N2O2. The predicted octanol–water partition coefficient (Wildman–Crippen LogP) is 2.93. The molecule has 0 aliphatic carbocycles. The van der Waals surface area contributed by atoms with Gasteiger partial charge in [-0.25, -0.2) is 0 Å². The van der Waals surface area contributed by atoms with Crippen LogP contribution in [0.2, 0.25) is 0 Å². The van der Waals surface area contributed by atoms with Gasteiger partial charge in [-0.05, 0) is 43.0 Å². The van der Waals surface area contributed by atoms with Crippen molar-refractivity contribution in [2.75, 3.05) is 31.1 Å². The number of nitrogens with one attached hydrogen (secondary N) is 1. The Hall–Kier alpha value is -2.33. The Kier molecular flexibility index (Phi) is 5.71. The lowest BCUT2D eigenvalue weighted by atomic mass is 9.98. The van der Waals surface area contributed by atoms with Crippen LogP contribution in [0.15, 0.2) is 48.5 Å². The van der Waals surface area contributed by atoms with Crippen LogP contribution >= 0.6 is 0 Å². The van der Waals surface area contributed by atoms with Crippen LogP contribution in [0.25, 0.3) is 0 Å². The number of hydrogen-bond acceptors (Lipinski definition) is 4. The topological polar surface area (TPSA) is 41.6 Å². The van der Waals surface area contributed by atoms with E-state index >= 15 is 0 Å². The molecule has 2 aromatic rings. The molecule has 0 aromatic heterocycles. The number of piperazine rings is 1. The van der Waals surface area contributed by atoms with E-state index in [4.69, 9.17) is 4.74 Å². The molecule has 1 unspecified atom stereocenters. The molecule has 4 nitrogen and oxygen atoms in total. The maximum atomic E-state index is 12.1. The van der Waals surface area contributed by atoms with Crippen molar-refractivity contribution < 1.29 is 9.53 Å². The zero-order valence-electron chi connectivity index (χ0n) is 15.0. The fourth-order valence-electron chi connectivity index (χ4n) is 3.39. The maximum absolute atomic E-state index is 12.1. The minimum atomic E-state index is -0.258. The number of rotatable bonds is 5. The van der Waals surface area contributed by atoms with E-state index in [0.29, 0.717) is 13.2 Å². The minimum absolute atomic E-state index is 0.162. The van der Waals surface area contributed by atoms with E-state index in [1.54, 1.807) is 0 Å². The average Bonchev–Trinajstić information content (AvgIpc) is 2.65. The van der Waals surface area contributed by atoms with E-state index in [1.165, 1.54) is 22.4 Å². The molecule has 0 saturated carbocycles. The highest BCUT2D eigenvalue weighted by atomic mass is 16.5. The molecule has 0 amide bonds. The summed E-state index contributed by atoms with van der Waals surface area (Å²) in [5.74, 6) is -0.162.